The van der Waals surface area contributed by atoms with Crippen LogP contribution in [0.1, 0.15) is 12.5 Å². The number of ether oxygens (including phenoxy) is 1. The van der Waals surface area contributed by atoms with E-state index in [-0.39, 0.29) is 39.3 Å². The summed E-state index contributed by atoms with van der Waals surface area (Å²) >= 11 is 5.53. The summed E-state index contributed by atoms with van der Waals surface area (Å²) in [6.07, 6.45) is -5.66. The van der Waals surface area contributed by atoms with Crippen LogP contribution in [-0.4, -0.2) is 69.0 Å². The standard InChI is InChI=1S/C16H19ClF3N3O5S/c1-2-28-15(25)21-14(24)10-22-5-7-23(8-6-22)29(26,27)11-3-4-13(17)12(9-11)16(18,19)20/h3-4,9H,2,5-8,10H2,1H3,(H,21,24,25). The minimum absolute atomic E-state index is 0.0288. The predicted molar refractivity (Wildman–Crippen MR) is 96.8 cm³/mol. The Kier molecular flexibility index (Phi) is 7.49. The van der Waals surface area contributed by atoms with Crippen LogP contribution >= 0.6 is 11.6 Å². The van der Waals surface area contributed by atoms with Crippen molar-refractivity contribution in [1.29, 1.82) is 0 Å². The highest BCUT2D eigenvalue weighted by molar-refractivity contribution is 7.89. The largest absolute Gasteiger partial charge is 0.450 e. The molecule has 1 aromatic carbocycles. The van der Waals surface area contributed by atoms with Crippen molar-refractivity contribution in [3.05, 3.63) is 28.8 Å². The van der Waals surface area contributed by atoms with Gasteiger partial charge in [-0.3, -0.25) is 15.0 Å². The number of alkyl halides is 3. The smallest absolute Gasteiger partial charge is 0.417 e. The SMILES string of the molecule is CCOC(=O)NC(=O)CN1CCN(S(=O)(=O)c2ccc(Cl)c(C(F)(F)F)c2)CC1. The maximum atomic E-state index is 13.0. The Morgan fingerprint density at radius 3 is 2.38 bits per heavy atom. The van der Waals surface area contributed by atoms with Crippen LogP contribution < -0.4 is 5.32 Å². The topological polar surface area (TPSA) is 96.0 Å². The quantitative estimate of drug-likeness (QED) is 0.726. The Morgan fingerprint density at radius 1 is 1.21 bits per heavy atom. The van der Waals surface area contributed by atoms with E-state index in [1.807, 2.05) is 5.32 Å². The average molecular weight is 458 g/mol. The van der Waals surface area contributed by atoms with Gasteiger partial charge in [0.05, 0.1) is 28.6 Å². The Morgan fingerprint density at radius 2 is 1.83 bits per heavy atom. The molecule has 0 atom stereocenters. The summed E-state index contributed by atoms with van der Waals surface area (Å²) < 4.78 is 70.0. The van der Waals surface area contributed by atoms with Gasteiger partial charge in [0.15, 0.2) is 0 Å². The number of piperazine rings is 1. The van der Waals surface area contributed by atoms with Gasteiger partial charge in [-0.2, -0.15) is 17.5 Å². The third kappa shape index (κ3) is 6.04. The summed E-state index contributed by atoms with van der Waals surface area (Å²) in [5, 5.41) is 1.44. The Balaban J connectivity index is 2.01. The molecule has 2 amide bonds. The molecule has 29 heavy (non-hydrogen) atoms. The van der Waals surface area contributed by atoms with E-state index in [2.05, 4.69) is 4.74 Å². The van der Waals surface area contributed by atoms with E-state index in [9.17, 15) is 31.2 Å². The summed E-state index contributed by atoms with van der Waals surface area (Å²) in [5.41, 5.74) is -1.23. The van der Waals surface area contributed by atoms with Crippen LogP contribution in [0.4, 0.5) is 18.0 Å². The van der Waals surface area contributed by atoms with Crippen LogP contribution in [0.5, 0.6) is 0 Å². The molecule has 1 saturated heterocycles. The fourth-order valence-electron chi connectivity index (χ4n) is 2.68. The number of hydrogen-bond acceptors (Lipinski definition) is 6. The van der Waals surface area contributed by atoms with Crippen LogP contribution in [0.15, 0.2) is 23.1 Å². The number of hydrogen-bond donors (Lipinski definition) is 1. The van der Waals surface area contributed by atoms with E-state index in [1.165, 1.54) is 0 Å². The first-order chi connectivity index (χ1) is 13.4. The Bertz CT molecular complexity index is 871. The number of nitrogens with zero attached hydrogens (tertiary/aromatic N) is 2. The van der Waals surface area contributed by atoms with Gasteiger partial charge in [0.1, 0.15) is 0 Å². The van der Waals surface area contributed by atoms with Gasteiger partial charge in [-0.05, 0) is 25.1 Å². The van der Waals surface area contributed by atoms with E-state index in [0.717, 1.165) is 16.4 Å². The third-order valence-electron chi connectivity index (χ3n) is 4.10. The van der Waals surface area contributed by atoms with Crippen LogP contribution in [0.25, 0.3) is 0 Å². The lowest BCUT2D eigenvalue weighted by molar-refractivity contribution is -0.137. The van der Waals surface area contributed by atoms with E-state index in [1.54, 1.807) is 11.8 Å². The van der Waals surface area contributed by atoms with Crippen molar-refractivity contribution in [3.63, 3.8) is 0 Å². The van der Waals surface area contributed by atoms with E-state index < -0.39 is 43.7 Å². The summed E-state index contributed by atoms with van der Waals surface area (Å²) in [7, 11) is -4.17. The van der Waals surface area contributed by atoms with Gasteiger partial charge in [-0.1, -0.05) is 11.6 Å². The molecule has 8 nitrogen and oxygen atoms in total. The van der Waals surface area contributed by atoms with Crippen molar-refractivity contribution in [1.82, 2.24) is 14.5 Å². The normalized spacial score (nSPS) is 16.4. The van der Waals surface area contributed by atoms with Crippen molar-refractivity contribution in [2.75, 3.05) is 39.3 Å². The highest BCUT2D eigenvalue weighted by Gasteiger charge is 2.36. The zero-order valence-electron chi connectivity index (χ0n) is 15.3. The summed E-state index contributed by atoms with van der Waals surface area (Å²) in [4.78, 5) is 24.1. The lowest BCUT2D eigenvalue weighted by Crippen LogP contribution is -2.51. The average Bonchev–Trinajstić information content (AvgIpc) is 2.61. The predicted octanol–water partition coefficient (Wildman–Crippen LogP) is 1.94. The first-order valence-electron chi connectivity index (χ1n) is 8.51. The molecular weight excluding hydrogens is 439 g/mol. The second kappa shape index (κ2) is 9.28. The van der Waals surface area contributed by atoms with Crippen molar-refractivity contribution in [3.8, 4) is 0 Å². The number of carbonyl (C=O) groups is 2. The number of rotatable bonds is 5. The molecule has 0 spiro atoms. The molecule has 0 unspecified atom stereocenters. The number of benzene rings is 1. The molecular formula is C16H19ClF3N3O5S. The molecule has 0 bridgehead atoms. The fraction of sp³-hybridized carbons (Fsp3) is 0.500. The van der Waals surface area contributed by atoms with Crippen molar-refractivity contribution in [2.24, 2.45) is 0 Å². The summed E-state index contributed by atoms with van der Waals surface area (Å²) in [6.45, 7) is 1.81. The summed E-state index contributed by atoms with van der Waals surface area (Å²) in [6, 6.07) is 2.43. The lowest BCUT2D eigenvalue weighted by atomic mass is 10.2. The molecule has 1 N–H and O–H groups in total. The maximum Gasteiger partial charge on any atom is 0.417 e. The van der Waals surface area contributed by atoms with Crippen molar-refractivity contribution >= 4 is 33.6 Å². The zero-order chi connectivity index (χ0) is 21.8. The van der Waals surface area contributed by atoms with E-state index >= 15 is 0 Å². The van der Waals surface area contributed by atoms with Gasteiger partial charge >= 0.3 is 12.3 Å². The molecule has 1 heterocycles. The first-order valence-corrected chi connectivity index (χ1v) is 10.3. The number of nitrogens with one attached hydrogen (secondary N) is 1. The number of carbonyl (C=O) groups excluding carboxylic acids is 2. The van der Waals surface area contributed by atoms with Crippen LogP contribution in [0.3, 0.4) is 0 Å². The van der Waals surface area contributed by atoms with E-state index in [0.29, 0.717) is 6.07 Å². The van der Waals surface area contributed by atoms with Crippen LogP contribution in [-0.2, 0) is 25.7 Å². The van der Waals surface area contributed by atoms with Gasteiger partial charge in [0.2, 0.25) is 15.9 Å². The molecule has 162 valence electrons. The molecule has 1 aliphatic rings. The fourth-order valence-corrected chi connectivity index (χ4v) is 4.36. The van der Waals surface area contributed by atoms with Crippen LogP contribution in [0, 0.1) is 0 Å². The van der Waals surface area contributed by atoms with Crippen molar-refractivity contribution < 1.29 is 35.9 Å². The molecule has 1 fully saturated rings. The molecule has 0 saturated carbocycles. The third-order valence-corrected chi connectivity index (χ3v) is 6.32. The van der Waals surface area contributed by atoms with Gasteiger partial charge in [-0.15, -0.1) is 0 Å². The Hall–Kier alpha value is -1.89. The molecule has 13 heteroatoms. The van der Waals surface area contributed by atoms with Gasteiger partial charge in [0.25, 0.3) is 0 Å². The van der Waals surface area contributed by atoms with Crippen molar-refractivity contribution in [2.45, 2.75) is 18.0 Å². The number of amides is 2. The monoisotopic (exact) mass is 457 g/mol. The molecule has 0 aliphatic carbocycles. The molecule has 0 aromatic heterocycles. The summed E-state index contributed by atoms with van der Waals surface area (Å²) in [5.74, 6) is -0.604. The second-order valence-electron chi connectivity index (χ2n) is 6.09. The lowest BCUT2D eigenvalue weighted by Gasteiger charge is -2.33. The molecule has 2 rings (SSSR count). The number of halogens is 4. The molecule has 0 radical (unpaired) electrons. The maximum absolute atomic E-state index is 13.0. The Labute approximate surface area is 170 Å². The van der Waals surface area contributed by atoms with Gasteiger partial charge < -0.3 is 4.74 Å². The molecule has 1 aliphatic heterocycles. The van der Waals surface area contributed by atoms with Gasteiger partial charge in [-0.25, -0.2) is 13.2 Å². The second-order valence-corrected chi connectivity index (χ2v) is 8.43. The first kappa shape index (κ1) is 23.4. The number of sulfonamides is 1. The molecule has 1 aromatic rings. The highest BCUT2D eigenvalue weighted by atomic mass is 35.5. The minimum atomic E-state index is -4.78. The highest BCUT2D eigenvalue weighted by Crippen LogP contribution is 2.36. The zero-order valence-corrected chi connectivity index (χ0v) is 16.9. The van der Waals surface area contributed by atoms with E-state index in [4.69, 9.17) is 11.6 Å². The minimum Gasteiger partial charge on any atom is -0.450 e. The van der Waals surface area contributed by atoms with Crippen LogP contribution in [0.2, 0.25) is 5.02 Å². The number of imide groups is 1. The van der Waals surface area contributed by atoms with Gasteiger partial charge in [0, 0.05) is 26.2 Å². The number of alkyl carbamates (subject to hydrolysis) is 1.